The van der Waals surface area contributed by atoms with Crippen molar-refractivity contribution in [3.8, 4) is 0 Å². The molecule has 0 spiro atoms. The molecule has 0 aromatic carbocycles. The first-order valence-electron chi connectivity index (χ1n) is 10.6. The molecular weight excluding hydrogens is 396 g/mol. The lowest BCUT2D eigenvalue weighted by molar-refractivity contribution is 1.48. The molecule has 0 atom stereocenters. The van der Waals surface area contributed by atoms with Gasteiger partial charge in [-0.25, -0.2) is 0 Å². The largest absolute Gasteiger partial charge is 0.354 e. The average Bonchev–Trinajstić information content (AvgIpc) is 3.62. The molecule has 0 saturated heterocycles. The average molecular weight is 416 g/mol. The van der Waals surface area contributed by atoms with Crippen LogP contribution in [0.2, 0.25) is 0 Å². The maximum Gasteiger partial charge on any atom is 0.0624 e. The van der Waals surface area contributed by atoms with E-state index in [1.54, 1.807) is 0 Å². The molecular formula is C26H20N6. The minimum absolute atomic E-state index is 1.04. The molecule has 7 aromatic rings. The van der Waals surface area contributed by atoms with E-state index in [0.717, 1.165) is 66.2 Å². The van der Waals surface area contributed by atoms with E-state index in [1.807, 2.05) is 0 Å². The Kier molecular flexibility index (Phi) is 3.46. The number of fused-ring (bicyclic) bond motifs is 16. The van der Waals surface area contributed by atoms with Crippen LogP contribution in [0.15, 0.2) is 84.9 Å². The van der Waals surface area contributed by atoms with Crippen LogP contribution in [0.1, 0.15) is 0 Å². The first-order chi connectivity index (χ1) is 15.8. The fraction of sp³-hybridized carbons (Fsp3) is 0. The van der Waals surface area contributed by atoms with Gasteiger partial charge in [-0.05, 0) is 84.9 Å². The highest BCUT2D eigenvalue weighted by molar-refractivity contribution is 5.89. The highest BCUT2D eigenvalue weighted by Crippen LogP contribution is 2.19. The van der Waals surface area contributed by atoms with Crippen molar-refractivity contribution >= 4 is 66.2 Å². The van der Waals surface area contributed by atoms with E-state index in [2.05, 4.69) is 115 Å². The van der Waals surface area contributed by atoms with E-state index < -0.39 is 0 Å². The Bertz CT molecular complexity index is 1760. The number of aromatic amines is 6. The van der Waals surface area contributed by atoms with E-state index in [4.69, 9.17) is 0 Å². The van der Waals surface area contributed by atoms with Crippen LogP contribution >= 0.6 is 0 Å². The van der Waals surface area contributed by atoms with Gasteiger partial charge in [-0.1, -0.05) is 0 Å². The Balaban J connectivity index is 1.59. The molecule has 6 heteroatoms. The molecule has 0 unspecified atom stereocenters. The zero-order chi connectivity index (χ0) is 21.1. The van der Waals surface area contributed by atoms with Gasteiger partial charge in [0, 0.05) is 22.1 Å². The quantitative estimate of drug-likeness (QED) is 0.156. The molecule has 12 bridgehead atoms. The molecule has 0 radical (unpaired) electrons. The molecule has 0 saturated carbocycles. The molecule has 0 amide bonds. The molecule has 154 valence electrons. The lowest BCUT2D eigenvalue weighted by atomic mass is 10.4. The molecule has 7 rings (SSSR count). The van der Waals surface area contributed by atoms with Crippen LogP contribution in [-0.2, 0) is 0 Å². The Labute approximate surface area is 181 Å². The van der Waals surface area contributed by atoms with Crippen molar-refractivity contribution in [2.45, 2.75) is 0 Å². The fourth-order valence-electron chi connectivity index (χ4n) is 4.37. The third kappa shape index (κ3) is 2.81. The van der Waals surface area contributed by atoms with Crippen molar-refractivity contribution in [2.24, 2.45) is 0 Å². The normalized spacial score (nSPS) is 11.8. The van der Waals surface area contributed by atoms with Gasteiger partial charge in [0.25, 0.3) is 0 Å². The number of hydrogen-bond acceptors (Lipinski definition) is 0. The van der Waals surface area contributed by atoms with Crippen molar-refractivity contribution in [3.05, 3.63) is 84.9 Å². The summed E-state index contributed by atoms with van der Waals surface area (Å²) in [7, 11) is 0. The van der Waals surface area contributed by atoms with Gasteiger partial charge in [0.1, 0.15) is 0 Å². The third-order valence-electron chi connectivity index (χ3n) is 5.99. The van der Waals surface area contributed by atoms with Crippen LogP contribution < -0.4 is 0 Å². The molecule has 0 aliphatic carbocycles. The molecule has 7 aromatic heterocycles. The van der Waals surface area contributed by atoms with Gasteiger partial charge in [-0.15, -0.1) is 0 Å². The van der Waals surface area contributed by atoms with Crippen molar-refractivity contribution in [1.29, 1.82) is 0 Å². The van der Waals surface area contributed by atoms with Crippen LogP contribution in [0.4, 0.5) is 0 Å². The number of H-pyrrole nitrogens is 6. The maximum absolute atomic E-state index is 3.52. The molecule has 32 heavy (non-hydrogen) atoms. The Morgan fingerprint density at radius 1 is 0.250 bits per heavy atom. The summed E-state index contributed by atoms with van der Waals surface area (Å²) in [6.45, 7) is 0. The maximum atomic E-state index is 3.52. The van der Waals surface area contributed by atoms with Crippen molar-refractivity contribution in [1.82, 2.24) is 29.9 Å². The molecule has 0 aliphatic rings. The van der Waals surface area contributed by atoms with Crippen LogP contribution in [-0.4, -0.2) is 29.9 Å². The Morgan fingerprint density at radius 2 is 0.469 bits per heavy atom. The SMILES string of the molecule is c1cc2[nH]c1cc1ccc([nH]1)c1ccc([nH]1)c1ccc([nH]1)c1ccc(cc3ccc2[nH]3)[nH]1. The van der Waals surface area contributed by atoms with Gasteiger partial charge in [0.05, 0.1) is 44.1 Å². The lowest BCUT2D eigenvalue weighted by Crippen LogP contribution is -1.71. The molecule has 7 heterocycles. The van der Waals surface area contributed by atoms with Gasteiger partial charge >= 0.3 is 0 Å². The second-order valence-electron chi connectivity index (χ2n) is 8.17. The van der Waals surface area contributed by atoms with E-state index >= 15 is 0 Å². The fourth-order valence-corrected chi connectivity index (χ4v) is 4.37. The van der Waals surface area contributed by atoms with Crippen LogP contribution in [0.3, 0.4) is 0 Å². The Hall–Kier alpha value is -4.58. The molecule has 0 aliphatic heterocycles. The second kappa shape index (κ2) is 6.46. The molecule has 6 nitrogen and oxygen atoms in total. The number of hydrogen-bond donors (Lipinski definition) is 6. The van der Waals surface area contributed by atoms with Crippen molar-refractivity contribution < 1.29 is 0 Å². The standard InChI is InChI=1S/C26H20N6/c1-5-19-20-6-2-16(28-20)14-18-4-8-22(30-18)24-10-12-26(32-24)25-11-9-23(31-25)21-7-3-17(29-21)13-15(1)27-19/h1-14,27-32H. The minimum atomic E-state index is 1.04. The minimum Gasteiger partial charge on any atom is -0.354 e. The first-order valence-corrected chi connectivity index (χ1v) is 10.6. The van der Waals surface area contributed by atoms with E-state index in [0.29, 0.717) is 0 Å². The predicted octanol–water partition coefficient (Wildman–Crippen LogP) is 6.82. The zero-order valence-electron chi connectivity index (χ0n) is 17.1. The zero-order valence-corrected chi connectivity index (χ0v) is 17.1. The summed E-state index contributed by atoms with van der Waals surface area (Å²) in [5.41, 5.74) is 12.6. The van der Waals surface area contributed by atoms with Gasteiger partial charge < -0.3 is 29.9 Å². The number of rotatable bonds is 0. The number of nitrogens with one attached hydrogen (secondary N) is 6. The molecule has 0 fully saturated rings. The van der Waals surface area contributed by atoms with Crippen LogP contribution in [0.25, 0.3) is 66.2 Å². The van der Waals surface area contributed by atoms with Gasteiger partial charge in [-0.2, -0.15) is 0 Å². The summed E-state index contributed by atoms with van der Waals surface area (Å²) < 4.78 is 0. The van der Waals surface area contributed by atoms with Gasteiger partial charge in [0.2, 0.25) is 0 Å². The summed E-state index contributed by atoms with van der Waals surface area (Å²) in [4.78, 5) is 21.0. The molecule has 6 N–H and O–H groups in total. The van der Waals surface area contributed by atoms with Crippen LogP contribution in [0, 0.1) is 0 Å². The third-order valence-corrected chi connectivity index (χ3v) is 5.99. The monoisotopic (exact) mass is 416 g/mol. The van der Waals surface area contributed by atoms with E-state index in [-0.39, 0.29) is 0 Å². The van der Waals surface area contributed by atoms with Crippen molar-refractivity contribution in [3.63, 3.8) is 0 Å². The summed E-state index contributed by atoms with van der Waals surface area (Å²) in [5, 5.41) is 0. The number of aromatic nitrogens is 6. The highest BCUT2D eigenvalue weighted by atomic mass is 14.8. The predicted molar refractivity (Wildman–Crippen MR) is 133 cm³/mol. The van der Waals surface area contributed by atoms with E-state index in [9.17, 15) is 0 Å². The van der Waals surface area contributed by atoms with Gasteiger partial charge in [-0.3, -0.25) is 0 Å². The topological polar surface area (TPSA) is 94.7 Å². The first kappa shape index (κ1) is 17.1. The Morgan fingerprint density at radius 3 is 0.750 bits per heavy atom. The summed E-state index contributed by atoms with van der Waals surface area (Å²) in [5.74, 6) is 0. The smallest absolute Gasteiger partial charge is 0.0624 e. The summed E-state index contributed by atoms with van der Waals surface area (Å²) in [6.07, 6.45) is 0. The summed E-state index contributed by atoms with van der Waals surface area (Å²) >= 11 is 0. The highest BCUT2D eigenvalue weighted by Gasteiger charge is 2.00. The van der Waals surface area contributed by atoms with E-state index in [1.165, 1.54) is 0 Å². The van der Waals surface area contributed by atoms with Crippen LogP contribution in [0.5, 0.6) is 0 Å². The van der Waals surface area contributed by atoms with Crippen molar-refractivity contribution in [2.75, 3.05) is 0 Å². The second-order valence-corrected chi connectivity index (χ2v) is 8.17. The lowest BCUT2D eigenvalue weighted by Gasteiger charge is -1.87. The van der Waals surface area contributed by atoms with Gasteiger partial charge in [0.15, 0.2) is 0 Å². The summed E-state index contributed by atoms with van der Waals surface area (Å²) in [6, 6.07) is 29.4.